The van der Waals surface area contributed by atoms with Gasteiger partial charge in [0.05, 0.1) is 12.2 Å². The number of carbonyl (C=O) groups excluding carboxylic acids is 1. The van der Waals surface area contributed by atoms with Crippen LogP contribution in [0.1, 0.15) is 44.9 Å². The van der Waals surface area contributed by atoms with Crippen molar-refractivity contribution < 1.29 is 14.6 Å². The second-order valence-electron chi connectivity index (χ2n) is 5.18. The van der Waals surface area contributed by atoms with E-state index in [1.165, 1.54) is 19.3 Å². The molecule has 1 aliphatic carbocycles. The molecule has 0 atom stereocenters. The Hall–Kier alpha value is -0.610. The van der Waals surface area contributed by atoms with Crippen LogP contribution in [0.15, 0.2) is 0 Å². The molecule has 98 valence electrons. The van der Waals surface area contributed by atoms with Crippen LogP contribution in [0.5, 0.6) is 0 Å². The number of likely N-dealkylation sites (tertiary alicyclic amines) is 1. The van der Waals surface area contributed by atoms with Gasteiger partial charge in [0, 0.05) is 13.1 Å². The van der Waals surface area contributed by atoms with E-state index < -0.39 is 0 Å². The molecule has 2 rings (SSSR count). The molecule has 1 saturated heterocycles. The number of rotatable bonds is 3. The fourth-order valence-electron chi connectivity index (χ4n) is 2.63. The molecular formula is C13H23NO3. The van der Waals surface area contributed by atoms with Gasteiger partial charge in [-0.2, -0.15) is 0 Å². The molecule has 1 amide bonds. The lowest BCUT2D eigenvalue weighted by Gasteiger charge is -2.30. The average molecular weight is 241 g/mol. The van der Waals surface area contributed by atoms with Gasteiger partial charge >= 0.3 is 0 Å². The first kappa shape index (κ1) is 12.8. The zero-order valence-electron chi connectivity index (χ0n) is 10.4. The van der Waals surface area contributed by atoms with Gasteiger partial charge in [-0.25, -0.2) is 0 Å². The van der Waals surface area contributed by atoms with Gasteiger partial charge in [-0.15, -0.1) is 0 Å². The summed E-state index contributed by atoms with van der Waals surface area (Å²) in [6.45, 7) is 1.57. The van der Waals surface area contributed by atoms with Gasteiger partial charge in [0.25, 0.3) is 0 Å². The zero-order chi connectivity index (χ0) is 12.1. The first-order chi connectivity index (χ1) is 8.25. The maximum absolute atomic E-state index is 11.9. The highest BCUT2D eigenvalue weighted by Crippen LogP contribution is 2.20. The molecule has 0 radical (unpaired) electrons. The molecule has 0 unspecified atom stereocenters. The van der Waals surface area contributed by atoms with E-state index in [0.717, 1.165) is 12.8 Å². The minimum atomic E-state index is -0.224. The summed E-state index contributed by atoms with van der Waals surface area (Å²) in [5.74, 6) is 0.0856. The second-order valence-corrected chi connectivity index (χ2v) is 5.18. The standard InChI is InChI=1S/C13H23NO3/c15-11-6-8-14(9-7-11)13(16)10-17-12-4-2-1-3-5-12/h11-12,15H,1-10H2. The summed E-state index contributed by atoms with van der Waals surface area (Å²) in [7, 11) is 0. The molecule has 1 N–H and O–H groups in total. The molecule has 17 heavy (non-hydrogen) atoms. The van der Waals surface area contributed by atoms with E-state index in [2.05, 4.69) is 0 Å². The fraction of sp³-hybridized carbons (Fsp3) is 0.923. The Kier molecular flexibility index (Phi) is 4.80. The van der Waals surface area contributed by atoms with Crippen LogP contribution in [-0.2, 0) is 9.53 Å². The van der Waals surface area contributed by atoms with Crippen molar-refractivity contribution in [1.82, 2.24) is 4.90 Å². The molecule has 1 heterocycles. The number of carbonyl (C=O) groups is 1. The molecule has 1 saturated carbocycles. The van der Waals surface area contributed by atoms with Crippen LogP contribution in [0.3, 0.4) is 0 Å². The Bertz CT molecular complexity index is 243. The van der Waals surface area contributed by atoms with Gasteiger partial charge < -0.3 is 14.7 Å². The number of aliphatic hydroxyl groups is 1. The second kappa shape index (κ2) is 6.36. The van der Waals surface area contributed by atoms with E-state index in [0.29, 0.717) is 32.0 Å². The van der Waals surface area contributed by atoms with Crippen molar-refractivity contribution in [3.8, 4) is 0 Å². The summed E-state index contributed by atoms with van der Waals surface area (Å²) in [5.41, 5.74) is 0. The van der Waals surface area contributed by atoms with Crippen molar-refractivity contribution >= 4 is 5.91 Å². The maximum Gasteiger partial charge on any atom is 0.248 e. The molecule has 0 bridgehead atoms. The number of nitrogens with zero attached hydrogens (tertiary/aromatic N) is 1. The van der Waals surface area contributed by atoms with Crippen molar-refractivity contribution in [3.63, 3.8) is 0 Å². The summed E-state index contributed by atoms with van der Waals surface area (Å²) >= 11 is 0. The van der Waals surface area contributed by atoms with Crippen LogP contribution < -0.4 is 0 Å². The van der Waals surface area contributed by atoms with Gasteiger partial charge in [-0.05, 0) is 25.7 Å². The highest BCUT2D eigenvalue weighted by atomic mass is 16.5. The lowest BCUT2D eigenvalue weighted by atomic mass is 9.98. The molecule has 4 nitrogen and oxygen atoms in total. The molecule has 0 spiro atoms. The number of hydrogen-bond donors (Lipinski definition) is 1. The van der Waals surface area contributed by atoms with Gasteiger partial charge in [0.2, 0.25) is 5.91 Å². The number of aliphatic hydroxyl groups excluding tert-OH is 1. The van der Waals surface area contributed by atoms with Crippen LogP contribution in [0.4, 0.5) is 0 Å². The van der Waals surface area contributed by atoms with Crippen molar-refractivity contribution in [2.75, 3.05) is 19.7 Å². The Labute approximate surface area is 103 Å². The van der Waals surface area contributed by atoms with Gasteiger partial charge in [0.15, 0.2) is 0 Å². The van der Waals surface area contributed by atoms with Crippen molar-refractivity contribution in [1.29, 1.82) is 0 Å². The molecule has 0 aromatic carbocycles. The molecule has 2 fully saturated rings. The van der Waals surface area contributed by atoms with Crippen molar-refractivity contribution in [3.05, 3.63) is 0 Å². The molecule has 2 aliphatic rings. The predicted molar refractivity (Wildman–Crippen MR) is 64.6 cm³/mol. The van der Waals surface area contributed by atoms with Crippen LogP contribution >= 0.6 is 0 Å². The van der Waals surface area contributed by atoms with Gasteiger partial charge in [-0.1, -0.05) is 19.3 Å². The summed E-state index contributed by atoms with van der Waals surface area (Å²) in [6.07, 6.45) is 7.45. The number of hydrogen-bond acceptors (Lipinski definition) is 3. The third-order valence-electron chi connectivity index (χ3n) is 3.81. The van der Waals surface area contributed by atoms with E-state index in [1.807, 2.05) is 4.90 Å². The van der Waals surface area contributed by atoms with Crippen LogP contribution in [-0.4, -0.2) is 47.8 Å². The van der Waals surface area contributed by atoms with E-state index in [-0.39, 0.29) is 18.6 Å². The van der Waals surface area contributed by atoms with Crippen LogP contribution in [0.25, 0.3) is 0 Å². The van der Waals surface area contributed by atoms with E-state index in [4.69, 9.17) is 4.74 Å². The number of piperidine rings is 1. The average Bonchev–Trinajstić information content (AvgIpc) is 2.38. The molecular weight excluding hydrogens is 218 g/mol. The summed E-state index contributed by atoms with van der Waals surface area (Å²) < 4.78 is 5.67. The van der Waals surface area contributed by atoms with E-state index in [9.17, 15) is 9.90 Å². The Morgan fingerprint density at radius 3 is 2.41 bits per heavy atom. The summed E-state index contributed by atoms with van der Waals surface area (Å²) in [4.78, 5) is 13.7. The minimum absolute atomic E-state index is 0.0856. The van der Waals surface area contributed by atoms with Crippen LogP contribution in [0, 0.1) is 0 Å². The first-order valence-corrected chi connectivity index (χ1v) is 6.83. The summed E-state index contributed by atoms with van der Waals surface area (Å²) in [6, 6.07) is 0. The lowest BCUT2D eigenvalue weighted by Crippen LogP contribution is -2.42. The third-order valence-corrected chi connectivity index (χ3v) is 3.81. The topological polar surface area (TPSA) is 49.8 Å². The molecule has 1 aliphatic heterocycles. The third kappa shape index (κ3) is 3.96. The van der Waals surface area contributed by atoms with Gasteiger partial charge in [-0.3, -0.25) is 4.79 Å². The smallest absolute Gasteiger partial charge is 0.248 e. The highest BCUT2D eigenvalue weighted by Gasteiger charge is 2.22. The summed E-state index contributed by atoms with van der Waals surface area (Å²) in [5, 5.41) is 9.37. The van der Waals surface area contributed by atoms with Crippen molar-refractivity contribution in [2.45, 2.75) is 57.2 Å². The maximum atomic E-state index is 11.9. The highest BCUT2D eigenvalue weighted by molar-refractivity contribution is 5.77. The number of amides is 1. The molecule has 0 aromatic heterocycles. The Morgan fingerprint density at radius 2 is 1.76 bits per heavy atom. The SMILES string of the molecule is O=C(COC1CCCCC1)N1CCC(O)CC1. The number of ether oxygens (including phenoxy) is 1. The first-order valence-electron chi connectivity index (χ1n) is 6.83. The van der Waals surface area contributed by atoms with Crippen LogP contribution in [0.2, 0.25) is 0 Å². The normalized spacial score (nSPS) is 23.9. The monoisotopic (exact) mass is 241 g/mol. The van der Waals surface area contributed by atoms with E-state index in [1.54, 1.807) is 0 Å². The molecule has 4 heteroatoms. The largest absolute Gasteiger partial charge is 0.393 e. The molecule has 0 aromatic rings. The van der Waals surface area contributed by atoms with Crippen molar-refractivity contribution in [2.24, 2.45) is 0 Å². The quantitative estimate of drug-likeness (QED) is 0.810. The Morgan fingerprint density at radius 1 is 1.12 bits per heavy atom. The fourth-order valence-corrected chi connectivity index (χ4v) is 2.63. The predicted octanol–water partition coefficient (Wildman–Crippen LogP) is 1.32. The minimum Gasteiger partial charge on any atom is -0.393 e. The Balaban J connectivity index is 1.66. The van der Waals surface area contributed by atoms with Gasteiger partial charge in [0.1, 0.15) is 6.61 Å². The zero-order valence-corrected chi connectivity index (χ0v) is 10.4. The van der Waals surface area contributed by atoms with E-state index >= 15 is 0 Å². The lowest BCUT2D eigenvalue weighted by molar-refractivity contribution is -0.140.